The minimum Gasteiger partial charge on any atom is -0.496 e. The minimum absolute atomic E-state index is 0.125. The first-order valence-electron chi connectivity index (χ1n) is 4.22. The molecule has 0 saturated carbocycles. The Labute approximate surface area is 110 Å². The van der Waals surface area contributed by atoms with Crippen molar-refractivity contribution >= 4 is 50.2 Å². The fraction of sp³-hybridized carbons (Fsp3) is 0.200. The van der Waals surface area contributed by atoms with Gasteiger partial charge in [0.05, 0.1) is 21.8 Å². The second-order valence-electron chi connectivity index (χ2n) is 2.85. The molecule has 0 aliphatic rings. The highest BCUT2D eigenvalue weighted by Gasteiger charge is 2.20. The van der Waals surface area contributed by atoms with Crippen LogP contribution in [0.2, 0.25) is 5.02 Å². The molecule has 0 fully saturated rings. The number of rotatable bonds is 3. The third kappa shape index (κ3) is 2.23. The number of ether oxygens (including phenoxy) is 1. The van der Waals surface area contributed by atoms with Gasteiger partial charge in [-0.15, -0.1) is 22.7 Å². The van der Waals surface area contributed by atoms with Crippen LogP contribution in [0.4, 0.5) is 0 Å². The summed E-state index contributed by atoms with van der Waals surface area (Å²) in [6.45, 7) is 0. The molecule has 0 aliphatic carbocycles. The van der Waals surface area contributed by atoms with E-state index in [1.807, 2.05) is 22.9 Å². The van der Waals surface area contributed by atoms with Crippen LogP contribution in [0.25, 0.3) is 0 Å². The van der Waals surface area contributed by atoms with E-state index in [4.69, 9.17) is 16.3 Å². The van der Waals surface area contributed by atoms with Crippen molar-refractivity contribution in [3.05, 3.63) is 37.7 Å². The van der Waals surface area contributed by atoms with E-state index in [0.717, 1.165) is 20.5 Å². The Balaban J connectivity index is 2.36. The maximum Gasteiger partial charge on any atom is 0.134 e. The zero-order valence-electron chi connectivity index (χ0n) is 7.87. The van der Waals surface area contributed by atoms with E-state index in [9.17, 15) is 0 Å². The number of alkyl halides is 1. The first kappa shape index (κ1) is 11.5. The summed E-state index contributed by atoms with van der Waals surface area (Å²) >= 11 is 13.1. The molecule has 15 heavy (non-hydrogen) atoms. The van der Waals surface area contributed by atoms with Crippen molar-refractivity contribution in [3.8, 4) is 5.75 Å². The van der Waals surface area contributed by atoms with Crippen molar-refractivity contribution in [1.29, 1.82) is 0 Å². The number of halogens is 2. The molecule has 0 spiro atoms. The molecule has 2 rings (SSSR count). The quantitative estimate of drug-likeness (QED) is 0.726. The summed E-state index contributed by atoms with van der Waals surface area (Å²) in [5.41, 5.74) is 0. The van der Waals surface area contributed by atoms with E-state index < -0.39 is 0 Å². The molecule has 0 aromatic carbocycles. The molecular formula is C10H8BrClOS2. The minimum atomic E-state index is 0.125. The van der Waals surface area contributed by atoms with Crippen molar-refractivity contribution in [1.82, 2.24) is 0 Å². The fourth-order valence-electron chi connectivity index (χ4n) is 1.27. The van der Waals surface area contributed by atoms with Crippen LogP contribution in [-0.4, -0.2) is 7.11 Å². The van der Waals surface area contributed by atoms with Crippen LogP contribution >= 0.6 is 50.2 Å². The van der Waals surface area contributed by atoms with Gasteiger partial charge in [0, 0.05) is 4.88 Å². The molecule has 0 N–H and O–H groups in total. The maximum atomic E-state index is 6.09. The second-order valence-corrected chi connectivity index (χ2v) is 6.07. The first-order chi connectivity index (χ1) is 7.24. The number of methoxy groups -OCH3 is 1. The van der Waals surface area contributed by atoms with Crippen LogP contribution in [0, 0.1) is 0 Å². The van der Waals surface area contributed by atoms with Gasteiger partial charge >= 0.3 is 0 Å². The third-order valence-corrected chi connectivity index (χ3v) is 5.89. The summed E-state index contributed by atoms with van der Waals surface area (Å²) < 4.78 is 5.29. The zero-order chi connectivity index (χ0) is 10.8. The molecule has 1 atom stereocenters. The molecule has 1 nitrogen and oxygen atoms in total. The Morgan fingerprint density at radius 1 is 1.27 bits per heavy atom. The van der Waals surface area contributed by atoms with E-state index >= 15 is 0 Å². The lowest BCUT2D eigenvalue weighted by molar-refractivity contribution is 0.413. The first-order valence-corrected chi connectivity index (χ1v) is 7.27. The van der Waals surface area contributed by atoms with Gasteiger partial charge in [-0.05, 0) is 22.9 Å². The van der Waals surface area contributed by atoms with Crippen molar-refractivity contribution in [2.75, 3.05) is 7.11 Å². The highest BCUT2D eigenvalue weighted by atomic mass is 79.9. The predicted molar refractivity (Wildman–Crippen MR) is 71.0 cm³/mol. The van der Waals surface area contributed by atoms with E-state index in [-0.39, 0.29) is 4.83 Å². The van der Waals surface area contributed by atoms with Crippen LogP contribution < -0.4 is 4.74 Å². The van der Waals surface area contributed by atoms with Crippen molar-refractivity contribution in [2.45, 2.75) is 4.83 Å². The molecule has 0 radical (unpaired) electrons. The van der Waals surface area contributed by atoms with Crippen molar-refractivity contribution in [3.63, 3.8) is 0 Å². The SMILES string of the molecule is COc1ccsc1C(Br)c1sccc1Cl. The Bertz CT molecular complexity index is 452. The van der Waals surface area contributed by atoms with Crippen LogP contribution in [-0.2, 0) is 0 Å². The fourth-order valence-corrected chi connectivity index (χ4v) is 4.59. The third-order valence-electron chi connectivity index (χ3n) is 1.98. The van der Waals surface area contributed by atoms with Gasteiger partial charge < -0.3 is 4.74 Å². The topological polar surface area (TPSA) is 9.23 Å². The Kier molecular flexibility index (Phi) is 3.72. The molecule has 0 amide bonds. The van der Waals surface area contributed by atoms with Crippen LogP contribution in [0.1, 0.15) is 14.6 Å². The summed E-state index contributed by atoms with van der Waals surface area (Å²) in [5.74, 6) is 0.909. The average Bonchev–Trinajstić information content (AvgIpc) is 2.84. The predicted octanol–water partition coefficient (Wildman–Crippen LogP) is 4.96. The average molecular weight is 324 g/mol. The standard InChI is InChI=1S/C10H8BrClOS2/c1-13-7-3-5-15-10(7)8(11)9-6(12)2-4-14-9/h2-5,8H,1H3. The second kappa shape index (κ2) is 4.87. The highest BCUT2D eigenvalue weighted by molar-refractivity contribution is 9.09. The van der Waals surface area contributed by atoms with Crippen LogP contribution in [0.3, 0.4) is 0 Å². The molecule has 0 aliphatic heterocycles. The molecule has 2 aromatic heterocycles. The Hall–Kier alpha value is -0.0300. The van der Waals surface area contributed by atoms with Gasteiger partial charge in [-0.1, -0.05) is 27.5 Å². The zero-order valence-corrected chi connectivity index (χ0v) is 11.8. The van der Waals surface area contributed by atoms with Crippen molar-refractivity contribution < 1.29 is 4.74 Å². The van der Waals surface area contributed by atoms with Gasteiger partial charge in [0.25, 0.3) is 0 Å². The molecule has 80 valence electrons. The Morgan fingerprint density at radius 3 is 2.53 bits per heavy atom. The van der Waals surface area contributed by atoms with Crippen LogP contribution in [0.15, 0.2) is 22.9 Å². The lowest BCUT2D eigenvalue weighted by Crippen LogP contribution is -1.90. The van der Waals surface area contributed by atoms with Gasteiger partial charge in [0.15, 0.2) is 0 Å². The Morgan fingerprint density at radius 2 is 1.93 bits per heavy atom. The summed E-state index contributed by atoms with van der Waals surface area (Å²) in [6, 6.07) is 3.88. The molecule has 2 heterocycles. The summed E-state index contributed by atoms with van der Waals surface area (Å²) in [4.78, 5) is 2.40. The lowest BCUT2D eigenvalue weighted by atomic mass is 10.3. The van der Waals surface area contributed by atoms with E-state index in [0.29, 0.717) is 0 Å². The smallest absolute Gasteiger partial charge is 0.134 e. The van der Waals surface area contributed by atoms with E-state index in [1.54, 1.807) is 29.8 Å². The summed E-state index contributed by atoms with van der Waals surface area (Å²) in [6.07, 6.45) is 0. The number of hydrogen-bond acceptors (Lipinski definition) is 3. The van der Waals surface area contributed by atoms with E-state index in [1.165, 1.54) is 0 Å². The summed E-state index contributed by atoms with van der Waals surface area (Å²) in [7, 11) is 1.68. The van der Waals surface area contributed by atoms with Crippen LogP contribution in [0.5, 0.6) is 5.75 Å². The van der Waals surface area contributed by atoms with Gasteiger partial charge in [-0.2, -0.15) is 0 Å². The van der Waals surface area contributed by atoms with Gasteiger partial charge in [-0.25, -0.2) is 0 Å². The van der Waals surface area contributed by atoms with E-state index in [2.05, 4.69) is 15.9 Å². The maximum absolute atomic E-state index is 6.09. The molecule has 1 unspecified atom stereocenters. The normalized spacial score (nSPS) is 12.7. The number of thiophene rings is 2. The largest absolute Gasteiger partial charge is 0.496 e. The molecular weight excluding hydrogens is 316 g/mol. The lowest BCUT2D eigenvalue weighted by Gasteiger charge is -2.08. The highest BCUT2D eigenvalue weighted by Crippen LogP contribution is 2.44. The number of hydrogen-bond donors (Lipinski definition) is 0. The van der Waals surface area contributed by atoms with Gasteiger partial charge in [-0.3, -0.25) is 0 Å². The molecule has 0 bridgehead atoms. The van der Waals surface area contributed by atoms with Gasteiger partial charge in [0.2, 0.25) is 0 Å². The molecule has 2 aromatic rings. The molecule has 5 heteroatoms. The molecule has 0 saturated heterocycles. The van der Waals surface area contributed by atoms with Crippen molar-refractivity contribution in [2.24, 2.45) is 0 Å². The monoisotopic (exact) mass is 322 g/mol. The summed E-state index contributed by atoms with van der Waals surface area (Å²) in [5, 5.41) is 4.81. The van der Waals surface area contributed by atoms with Gasteiger partial charge in [0.1, 0.15) is 5.75 Å².